The van der Waals surface area contributed by atoms with Crippen LogP contribution in [-0.2, 0) is 11.2 Å². The van der Waals surface area contributed by atoms with E-state index in [1.165, 1.54) is 18.4 Å². The summed E-state index contributed by atoms with van der Waals surface area (Å²) >= 11 is 0. The molecule has 1 heterocycles. The molecule has 0 aliphatic heterocycles. The van der Waals surface area contributed by atoms with Gasteiger partial charge in [-0.15, -0.1) is 10.2 Å². The summed E-state index contributed by atoms with van der Waals surface area (Å²) in [6, 6.07) is 21.4. The van der Waals surface area contributed by atoms with Crippen molar-refractivity contribution < 1.29 is 9.53 Å². The highest BCUT2D eigenvalue weighted by Crippen LogP contribution is 2.18. The van der Waals surface area contributed by atoms with Crippen LogP contribution in [0.15, 0.2) is 66.7 Å². The Kier molecular flexibility index (Phi) is 6.26. The molecule has 0 aliphatic carbocycles. The molecule has 0 spiro atoms. The van der Waals surface area contributed by atoms with Gasteiger partial charge in [-0.05, 0) is 67.8 Å². The first-order chi connectivity index (χ1) is 15.1. The van der Waals surface area contributed by atoms with E-state index in [0.29, 0.717) is 17.0 Å². The number of aryl methyl sites for hydroxylation is 2. The highest BCUT2D eigenvalue weighted by molar-refractivity contribution is 5.93. The van der Waals surface area contributed by atoms with Crippen molar-refractivity contribution in [3.05, 3.63) is 77.9 Å². The maximum Gasteiger partial charge on any atom is 0.262 e. The molecule has 0 fully saturated rings. The van der Waals surface area contributed by atoms with E-state index >= 15 is 0 Å². The summed E-state index contributed by atoms with van der Waals surface area (Å²) < 4.78 is 5.53. The molecule has 31 heavy (non-hydrogen) atoms. The van der Waals surface area contributed by atoms with Gasteiger partial charge in [0.05, 0.1) is 5.69 Å². The maximum absolute atomic E-state index is 12.2. The molecule has 1 aromatic heterocycles. The van der Waals surface area contributed by atoms with Crippen molar-refractivity contribution in [2.45, 2.75) is 33.1 Å². The molecule has 0 aliphatic rings. The molecule has 0 radical (unpaired) electrons. The zero-order chi connectivity index (χ0) is 21.6. The van der Waals surface area contributed by atoms with Gasteiger partial charge in [-0.1, -0.05) is 43.2 Å². The van der Waals surface area contributed by atoms with E-state index in [1.807, 2.05) is 61.5 Å². The number of carbonyl (C=O) groups excluding carboxylic acids is 1. The fourth-order valence-electron chi connectivity index (χ4n) is 3.27. The van der Waals surface area contributed by atoms with Gasteiger partial charge in [-0.3, -0.25) is 4.79 Å². The number of hydrogen-bond donors (Lipinski definition) is 1. The molecule has 0 bridgehead atoms. The van der Waals surface area contributed by atoms with Gasteiger partial charge in [0.2, 0.25) is 0 Å². The van der Waals surface area contributed by atoms with Crippen molar-refractivity contribution in [1.82, 2.24) is 15.0 Å². The molecule has 0 saturated carbocycles. The molecule has 0 saturated heterocycles. The fourth-order valence-corrected chi connectivity index (χ4v) is 3.27. The van der Waals surface area contributed by atoms with Crippen molar-refractivity contribution in [3.8, 4) is 11.4 Å². The number of rotatable bonds is 8. The summed E-state index contributed by atoms with van der Waals surface area (Å²) in [5.41, 5.74) is 5.52. The monoisotopic (exact) mass is 414 g/mol. The predicted molar refractivity (Wildman–Crippen MR) is 123 cm³/mol. The zero-order valence-corrected chi connectivity index (χ0v) is 17.8. The molecule has 158 valence electrons. The van der Waals surface area contributed by atoms with Gasteiger partial charge in [0.15, 0.2) is 6.61 Å². The smallest absolute Gasteiger partial charge is 0.262 e. The van der Waals surface area contributed by atoms with Crippen molar-refractivity contribution >= 4 is 22.6 Å². The minimum atomic E-state index is -0.227. The molecule has 6 nitrogen and oxygen atoms in total. The summed E-state index contributed by atoms with van der Waals surface area (Å²) in [5.74, 6) is 0.440. The number of fused-ring (bicyclic) bond motifs is 1. The van der Waals surface area contributed by atoms with E-state index in [9.17, 15) is 4.79 Å². The first-order valence-electron chi connectivity index (χ1n) is 10.6. The number of amides is 1. The Labute approximate surface area is 181 Å². The fraction of sp³-hybridized carbons (Fsp3) is 0.240. The summed E-state index contributed by atoms with van der Waals surface area (Å²) in [7, 11) is 0. The number of nitrogens with zero attached hydrogens (tertiary/aromatic N) is 3. The molecule has 6 heteroatoms. The van der Waals surface area contributed by atoms with Gasteiger partial charge in [0, 0.05) is 5.69 Å². The largest absolute Gasteiger partial charge is 0.484 e. The van der Waals surface area contributed by atoms with E-state index in [4.69, 9.17) is 4.74 Å². The van der Waals surface area contributed by atoms with E-state index in [1.54, 1.807) is 4.80 Å². The highest BCUT2D eigenvalue weighted by atomic mass is 16.5. The lowest BCUT2D eigenvalue weighted by Crippen LogP contribution is -2.20. The minimum absolute atomic E-state index is 0.0574. The van der Waals surface area contributed by atoms with E-state index in [0.717, 1.165) is 23.2 Å². The summed E-state index contributed by atoms with van der Waals surface area (Å²) in [4.78, 5) is 13.9. The third-order valence-electron chi connectivity index (χ3n) is 5.04. The summed E-state index contributed by atoms with van der Waals surface area (Å²) in [5, 5.41) is 12.0. The van der Waals surface area contributed by atoms with Crippen LogP contribution in [0.5, 0.6) is 5.75 Å². The Morgan fingerprint density at radius 1 is 0.968 bits per heavy atom. The Balaban J connectivity index is 1.41. The molecule has 4 aromatic rings. The quantitative estimate of drug-likeness (QED) is 0.436. The highest BCUT2D eigenvalue weighted by Gasteiger charge is 2.09. The first kappa shape index (κ1) is 20.6. The van der Waals surface area contributed by atoms with Crippen molar-refractivity contribution in [2.75, 3.05) is 11.9 Å². The van der Waals surface area contributed by atoms with Gasteiger partial charge in [0.25, 0.3) is 5.91 Å². The van der Waals surface area contributed by atoms with Crippen LogP contribution in [0.2, 0.25) is 0 Å². The molecule has 0 atom stereocenters. The normalized spacial score (nSPS) is 10.9. The van der Waals surface area contributed by atoms with Crippen LogP contribution < -0.4 is 10.1 Å². The predicted octanol–water partition coefficient (Wildman–Crippen LogP) is 5.09. The third-order valence-corrected chi connectivity index (χ3v) is 5.04. The van der Waals surface area contributed by atoms with Crippen LogP contribution in [-0.4, -0.2) is 27.5 Å². The number of ether oxygens (including phenoxy) is 1. The second-order valence-electron chi connectivity index (χ2n) is 7.61. The number of hydrogen-bond acceptors (Lipinski definition) is 4. The van der Waals surface area contributed by atoms with Crippen LogP contribution in [0.3, 0.4) is 0 Å². The van der Waals surface area contributed by atoms with Gasteiger partial charge >= 0.3 is 0 Å². The van der Waals surface area contributed by atoms with Crippen LogP contribution >= 0.6 is 0 Å². The van der Waals surface area contributed by atoms with Crippen molar-refractivity contribution in [1.29, 1.82) is 0 Å². The SMILES string of the molecule is CCCCc1ccc(-n2nc3ccc(NC(=O)COc4ccc(C)cc4)cc3n2)cc1. The summed E-state index contributed by atoms with van der Waals surface area (Å²) in [6.07, 6.45) is 3.46. The molecular weight excluding hydrogens is 388 g/mol. The van der Waals surface area contributed by atoms with Crippen molar-refractivity contribution in [2.24, 2.45) is 0 Å². The standard InChI is InChI=1S/C25H26N4O2/c1-3-4-5-19-8-11-21(12-9-19)29-27-23-15-10-20(16-24(23)28-29)26-25(30)17-31-22-13-6-18(2)7-14-22/h6-16H,3-5,17H2,1-2H3,(H,26,30). The molecule has 0 unspecified atom stereocenters. The van der Waals surface area contributed by atoms with Crippen LogP contribution in [0.1, 0.15) is 30.9 Å². The number of carbonyl (C=O) groups is 1. The lowest BCUT2D eigenvalue weighted by atomic mass is 10.1. The van der Waals surface area contributed by atoms with Gasteiger partial charge < -0.3 is 10.1 Å². The van der Waals surface area contributed by atoms with Crippen LogP contribution in [0, 0.1) is 6.92 Å². The van der Waals surface area contributed by atoms with Gasteiger partial charge in [-0.2, -0.15) is 4.80 Å². The Morgan fingerprint density at radius 3 is 2.45 bits per heavy atom. The lowest BCUT2D eigenvalue weighted by molar-refractivity contribution is -0.118. The molecule has 1 N–H and O–H groups in total. The van der Waals surface area contributed by atoms with Crippen LogP contribution in [0.4, 0.5) is 5.69 Å². The van der Waals surface area contributed by atoms with Gasteiger partial charge in [0.1, 0.15) is 16.8 Å². The molecule has 1 amide bonds. The van der Waals surface area contributed by atoms with Gasteiger partial charge in [-0.25, -0.2) is 0 Å². The zero-order valence-electron chi connectivity index (χ0n) is 17.8. The molecule has 3 aromatic carbocycles. The number of anilines is 1. The second-order valence-corrected chi connectivity index (χ2v) is 7.61. The molecular formula is C25H26N4O2. The maximum atomic E-state index is 12.2. The van der Waals surface area contributed by atoms with Crippen LogP contribution in [0.25, 0.3) is 16.7 Å². The van der Waals surface area contributed by atoms with E-state index in [2.05, 4.69) is 34.6 Å². The number of unbranched alkanes of at least 4 members (excludes halogenated alkanes) is 1. The Hall–Kier alpha value is -3.67. The minimum Gasteiger partial charge on any atom is -0.484 e. The van der Waals surface area contributed by atoms with E-state index < -0.39 is 0 Å². The molecule has 4 rings (SSSR count). The first-order valence-corrected chi connectivity index (χ1v) is 10.6. The lowest BCUT2D eigenvalue weighted by Gasteiger charge is -2.07. The number of nitrogens with one attached hydrogen (secondary N) is 1. The topological polar surface area (TPSA) is 69.0 Å². The Bertz CT molecular complexity index is 1160. The average molecular weight is 415 g/mol. The van der Waals surface area contributed by atoms with E-state index in [-0.39, 0.29) is 12.5 Å². The number of aromatic nitrogens is 3. The summed E-state index contributed by atoms with van der Waals surface area (Å²) in [6.45, 7) is 4.14. The average Bonchev–Trinajstić information content (AvgIpc) is 3.21. The Morgan fingerprint density at radius 2 is 1.71 bits per heavy atom. The van der Waals surface area contributed by atoms with Crippen molar-refractivity contribution in [3.63, 3.8) is 0 Å². The third kappa shape index (κ3) is 5.28. The second kappa shape index (κ2) is 9.43. The number of benzene rings is 3.